The zero-order chi connectivity index (χ0) is 17.0. The summed E-state index contributed by atoms with van der Waals surface area (Å²) >= 11 is 0. The Kier molecular flexibility index (Phi) is 6.79. The Morgan fingerprint density at radius 3 is 2.68 bits per heavy atom. The van der Waals surface area contributed by atoms with E-state index in [0.717, 1.165) is 12.1 Å². The largest absolute Gasteiger partial charge is 0.496 e. The van der Waals surface area contributed by atoms with E-state index < -0.39 is 11.7 Å². The Morgan fingerprint density at radius 1 is 1.28 bits per heavy atom. The summed E-state index contributed by atoms with van der Waals surface area (Å²) < 4.78 is 24.9. The number of aliphatic hydroxyl groups is 1. The van der Waals surface area contributed by atoms with Crippen LogP contribution in [-0.4, -0.2) is 38.0 Å². The molecule has 136 valence electrons. The van der Waals surface area contributed by atoms with Crippen LogP contribution in [0.3, 0.4) is 0 Å². The second-order valence-electron chi connectivity index (χ2n) is 5.99. The van der Waals surface area contributed by atoms with Crippen LogP contribution in [0.4, 0.5) is 4.39 Å². The zero-order valence-electron chi connectivity index (χ0n) is 14.1. The van der Waals surface area contributed by atoms with Crippen LogP contribution in [0.5, 0.6) is 5.75 Å². The van der Waals surface area contributed by atoms with Gasteiger partial charge in [-0.15, -0.1) is 12.4 Å². The molecule has 0 spiro atoms. The van der Waals surface area contributed by atoms with Crippen molar-refractivity contribution in [2.75, 3.05) is 26.8 Å². The summed E-state index contributed by atoms with van der Waals surface area (Å²) in [4.78, 5) is 0. The van der Waals surface area contributed by atoms with Crippen LogP contribution in [0, 0.1) is 5.82 Å². The van der Waals surface area contributed by atoms with Gasteiger partial charge in [0.15, 0.2) is 0 Å². The second kappa shape index (κ2) is 8.63. The van der Waals surface area contributed by atoms with Crippen LogP contribution in [0.25, 0.3) is 0 Å². The van der Waals surface area contributed by atoms with Gasteiger partial charge in [0.05, 0.1) is 13.7 Å². The van der Waals surface area contributed by atoms with Crippen molar-refractivity contribution in [3.05, 3.63) is 65.5 Å². The molecule has 0 aliphatic carbocycles. The van der Waals surface area contributed by atoms with Gasteiger partial charge in [-0.05, 0) is 23.8 Å². The number of benzene rings is 2. The summed E-state index contributed by atoms with van der Waals surface area (Å²) in [6, 6.07) is 13.7. The summed E-state index contributed by atoms with van der Waals surface area (Å²) in [5, 5.41) is 14.8. The smallest absolute Gasteiger partial charge is 0.123 e. The fraction of sp³-hybridized carbons (Fsp3) is 0.368. The van der Waals surface area contributed by atoms with Crippen molar-refractivity contribution in [3.8, 4) is 5.75 Å². The fourth-order valence-electron chi connectivity index (χ4n) is 3.18. The van der Waals surface area contributed by atoms with Gasteiger partial charge in [-0.2, -0.15) is 0 Å². The first kappa shape index (κ1) is 19.7. The third kappa shape index (κ3) is 4.30. The molecule has 0 saturated carbocycles. The second-order valence-corrected chi connectivity index (χ2v) is 5.99. The fourth-order valence-corrected chi connectivity index (χ4v) is 3.18. The molecule has 25 heavy (non-hydrogen) atoms. The average Bonchev–Trinajstić information content (AvgIpc) is 2.63. The molecule has 1 aliphatic heterocycles. The predicted octanol–water partition coefficient (Wildman–Crippen LogP) is 2.67. The van der Waals surface area contributed by atoms with E-state index in [1.54, 1.807) is 6.07 Å². The number of hydrogen-bond acceptors (Lipinski definition) is 4. The molecule has 1 saturated heterocycles. The molecule has 2 N–H and O–H groups in total. The van der Waals surface area contributed by atoms with Gasteiger partial charge in [0.1, 0.15) is 23.3 Å². The van der Waals surface area contributed by atoms with Crippen LogP contribution in [0.2, 0.25) is 0 Å². The average molecular weight is 368 g/mol. The van der Waals surface area contributed by atoms with Crippen molar-refractivity contribution >= 4 is 12.4 Å². The minimum atomic E-state index is -1.28. The molecule has 2 aromatic rings. The molecule has 2 aromatic carbocycles. The standard InChI is InChI=1S/C19H22FNO3.ClH/c1-23-17-8-7-16(20)11-14(17)12-19(22,15-5-3-2-4-6-15)18-13-21-9-10-24-18;/h2-8,11,18,21-22H,9-10,12-13H2,1H3;1H. The van der Waals surface area contributed by atoms with Gasteiger partial charge in [0.25, 0.3) is 0 Å². The van der Waals surface area contributed by atoms with Gasteiger partial charge < -0.3 is 19.9 Å². The molecule has 2 atom stereocenters. The summed E-state index contributed by atoms with van der Waals surface area (Å²) in [7, 11) is 1.54. The topological polar surface area (TPSA) is 50.7 Å². The van der Waals surface area contributed by atoms with Crippen LogP contribution < -0.4 is 10.1 Å². The lowest BCUT2D eigenvalue weighted by Gasteiger charge is -2.39. The molecular formula is C19H23ClFNO3. The first-order valence-electron chi connectivity index (χ1n) is 8.06. The Hall–Kier alpha value is -1.66. The Bertz CT molecular complexity index is 680. The minimum absolute atomic E-state index is 0. The van der Waals surface area contributed by atoms with Crippen molar-refractivity contribution in [2.24, 2.45) is 0 Å². The number of ether oxygens (including phenoxy) is 2. The number of hydrogen-bond donors (Lipinski definition) is 2. The van der Waals surface area contributed by atoms with E-state index in [-0.39, 0.29) is 24.6 Å². The first-order valence-corrected chi connectivity index (χ1v) is 8.06. The zero-order valence-corrected chi connectivity index (χ0v) is 14.9. The van der Waals surface area contributed by atoms with Gasteiger partial charge in [-0.3, -0.25) is 0 Å². The molecule has 2 unspecified atom stereocenters. The first-order chi connectivity index (χ1) is 11.6. The summed E-state index contributed by atoms with van der Waals surface area (Å²) in [6.45, 7) is 1.81. The molecule has 0 amide bonds. The number of morpholine rings is 1. The van der Waals surface area contributed by atoms with E-state index in [1.807, 2.05) is 30.3 Å². The van der Waals surface area contributed by atoms with E-state index in [9.17, 15) is 9.50 Å². The molecule has 6 heteroatoms. The lowest BCUT2D eigenvalue weighted by Crippen LogP contribution is -2.52. The summed E-state index contributed by atoms with van der Waals surface area (Å²) in [6.07, 6.45) is -0.230. The lowest BCUT2D eigenvalue weighted by molar-refractivity contribution is -0.124. The van der Waals surface area contributed by atoms with Crippen molar-refractivity contribution in [1.82, 2.24) is 5.32 Å². The highest BCUT2D eigenvalue weighted by atomic mass is 35.5. The van der Waals surface area contributed by atoms with E-state index in [4.69, 9.17) is 9.47 Å². The molecule has 4 nitrogen and oxygen atoms in total. The third-order valence-electron chi connectivity index (χ3n) is 4.44. The van der Waals surface area contributed by atoms with Gasteiger partial charge in [0.2, 0.25) is 0 Å². The van der Waals surface area contributed by atoms with Crippen molar-refractivity contribution in [2.45, 2.75) is 18.1 Å². The van der Waals surface area contributed by atoms with Gasteiger partial charge >= 0.3 is 0 Å². The molecule has 1 fully saturated rings. The Morgan fingerprint density at radius 2 is 2.04 bits per heavy atom. The SMILES string of the molecule is COc1ccc(F)cc1CC(O)(c1ccccc1)C1CNCCO1.Cl. The maximum Gasteiger partial charge on any atom is 0.123 e. The van der Waals surface area contributed by atoms with Gasteiger partial charge in [0, 0.05) is 25.1 Å². The normalized spacial score (nSPS) is 19.6. The van der Waals surface area contributed by atoms with Crippen molar-refractivity contribution in [1.29, 1.82) is 0 Å². The minimum Gasteiger partial charge on any atom is -0.496 e. The third-order valence-corrected chi connectivity index (χ3v) is 4.44. The van der Waals surface area contributed by atoms with Crippen molar-refractivity contribution in [3.63, 3.8) is 0 Å². The number of halogens is 2. The van der Waals surface area contributed by atoms with E-state index in [0.29, 0.717) is 24.5 Å². The maximum absolute atomic E-state index is 13.7. The molecule has 1 heterocycles. The highest BCUT2D eigenvalue weighted by Gasteiger charge is 2.41. The van der Waals surface area contributed by atoms with E-state index in [1.165, 1.54) is 19.2 Å². The predicted molar refractivity (Wildman–Crippen MR) is 96.9 cm³/mol. The molecule has 0 bridgehead atoms. The number of nitrogens with one attached hydrogen (secondary N) is 1. The lowest BCUT2D eigenvalue weighted by atomic mass is 9.81. The molecule has 3 rings (SSSR count). The Balaban J connectivity index is 0.00000225. The summed E-state index contributed by atoms with van der Waals surface area (Å²) in [5.41, 5.74) is 0.0680. The maximum atomic E-state index is 13.7. The molecular weight excluding hydrogens is 345 g/mol. The number of rotatable bonds is 5. The Labute approximate surface area is 153 Å². The quantitative estimate of drug-likeness (QED) is 0.853. The summed E-state index contributed by atoms with van der Waals surface area (Å²) in [5.74, 6) is 0.193. The van der Waals surface area contributed by atoms with Crippen LogP contribution in [-0.2, 0) is 16.8 Å². The van der Waals surface area contributed by atoms with Crippen LogP contribution >= 0.6 is 12.4 Å². The van der Waals surface area contributed by atoms with Gasteiger partial charge in [-0.1, -0.05) is 30.3 Å². The highest BCUT2D eigenvalue weighted by molar-refractivity contribution is 5.85. The molecule has 1 aliphatic rings. The molecule has 0 radical (unpaired) electrons. The van der Waals surface area contributed by atoms with Crippen LogP contribution in [0.15, 0.2) is 48.5 Å². The van der Waals surface area contributed by atoms with Crippen molar-refractivity contribution < 1.29 is 19.0 Å². The highest BCUT2D eigenvalue weighted by Crippen LogP contribution is 2.35. The van der Waals surface area contributed by atoms with Gasteiger partial charge in [-0.25, -0.2) is 4.39 Å². The molecule has 0 aromatic heterocycles. The number of methoxy groups -OCH3 is 1. The van der Waals surface area contributed by atoms with E-state index in [2.05, 4.69) is 5.32 Å². The van der Waals surface area contributed by atoms with Crippen LogP contribution in [0.1, 0.15) is 11.1 Å². The monoisotopic (exact) mass is 367 g/mol. The van der Waals surface area contributed by atoms with E-state index >= 15 is 0 Å².